The van der Waals surface area contributed by atoms with E-state index in [2.05, 4.69) is 9.88 Å². The van der Waals surface area contributed by atoms with Gasteiger partial charge in [0.1, 0.15) is 5.52 Å². The summed E-state index contributed by atoms with van der Waals surface area (Å²) in [7, 11) is 7.20. The molecule has 8 heteroatoms. The minimum Gasteiger partial charge on any atom is -0.493 e. The van der Waals surface area contributed by atoms with E-state index in [0.29, 0.717) is 28.2 Å². The first-order valence-corrected chi connectivity index (χ1v) is 11.0. The van der Waals surface area contributed by atoms with Crippen LogP contribution in [0.25, 0.3) is 16.3 Å². The molecule has 1 heterocycles. The highest BCUT2D eigenvalue weighted by molar-refractivity contribution is 7.22. The molecule has 6 nitrogen and oxygen atoms in total. The van der Waals surface area contributed by atoms with E-state index >= 15 is 0 Å². The van der Waals surface area contributed by atoms with Crippen LogP contribution in [-0.2, 0) is 4.79 Å². The fraction of sp³-hybridized carbons (Fsp3) is 0.304. The van der Waals surface area contributed by atoms with E-state index in [4.69, 9.17) is 21.1 Å². The van der Waals surface area contributed by atoms with Crippen molar-refractivity contribution in [1.29, 1.82) is 0 Å². The van der Waals surface area contributed by atoms with Crippen molar-refractivity contribution >= 4 is 50.3 Å². The highest BCUT2D eigenvalue weighted by atomic mass is 35.5. The third-order valence-corrected chi connectivity index (χ3v) is 6.02. The summed E-state index contributed by atoms with van der Waals surface area (Å²) in [4.78, 5) is 21.6. The summed E-state index contributed by atoms with van der Waals surface area (Å²) in [5.41, 5.74) is 1.56. The molecule has 2 aromatic carbocycles. The number of benzene rings is 2. The number of hydrogen-bond acceptors (Lipinski definition) is 6. The van der Waals surface area contributed by atoms with Crippen molar-refractivity contribution in [2.75, 3.05) is 46.3 Å². The van der Waals surface area contributed by atoms with Crippen molar-refractivity contribution in [2.45, 2.75) is 6.42 Å². The smallest absolute Gasteiger partial charge is 0.252 e. The molecule has 0 N–H and O–H groups in total. The zero-order valence-electron chi connectivity index (χ0n) is 18.1. The maximum atomic E-state index is 13.1. The first-order chi connectivity index (χ1) is 14.9. The molecule has 0 unspecified atom stereocenters. The molecule has 1 amide bonds. The summed E-state index contributed by atoms with van der Waals surface area (Å²) in [6, 6.07) is 11.2. The molecule has 1 aromatic heterocycles. The Bertz CT molecular complexity index is 1080. The molecule has 0 spiro atoms. The van der Waals surface area contributed by atoms with Crippen LogP contribution < -0.4 is 14.4 Å². The van der Waals surface area contributed by atoms with Crippen molar-refractivity contribution in [1.82, 2.24) is 9.88 Å². The monoisotopic (exact) mass is 459 g/mol. The average Bonchev–Trinajstić information content (AvgIpc) is 3.20. The van der Waals surface area contributed by atoms with Gasteiger partial charge in [0.25, 0.3) is 5.91 Å². The SMILES string of the molecule is COc1ccc(C=CC(=O)N(CCCN(C)C)c2nc3c(Cl)cccc3s2)cc1OC. The molecule has 0 radical (unpaired) electrons. The summed E-state index contributed by atoms with van der Waals surface area (Å²) in [6.45, 7) is 1.43. The molecule has 0 aliphatic carbocycles. The van der Waals surface area contributed by atoms with E-state index in [-0.39, 0.29) is 5.91 Å². The number of carbonyl (C=O) groups is 1. The average molecular weight is 460 g/mol. The predicted octanol–water partition coefficient (Wildman–Crippen LogP) is 4.97. The van der Waals surface area contributed by atoms with Crippen LogP contribution >= 0.6 is 22.9 Å². The topological polar surface area (TPSA) is 54.9 Å². The number of methoxy groups -OCH3 is 2. The molecule has 0 aliphatic heterocycles. The van der Waals surface area contributed by atoms with Gasteiger partial charge in [0, 0.05) is 12.6 Å². The van der Waals surface area contributed by atoms with Crippen LogP contribution in [0, 0.1) is 0 Å². The van der Waals surface area contributed by atoms with Crippen molar-refractivity contribution in [3.8, 4) is 11.5 Å². The van der Waals surface area contributed by atoms with Crippen LogP contribution in [0.3, 0.4) is 0 Å². The molecular weight excluding hydrogens is 434 g/mol. The van der Waals surface area contributed by atoms with Gasteiger partial charge >= 0.3 is 0 Å². The Morgan fingerprint density at radius 3 is 2.58 bits per heavy atom. The first-order valence-electron chi connectivity index (χ1n) is 9.84. The van der Waals surface area contributed by atoms with E-state index in [0.717, 1.165) is 28.7 Å². The van der Waals surface area contributed by atoms with E-state index in [1.165, 1.54) is 11.3 Å². The first kappa shape index (κ1) is 23.1. The molecule has 3 aromatic rings. The van der Waals surface area contributed by atoms with Gasteiger partial charge in [-0.05, 0) is 63.0 Å². The number of fused-ring (bicyclic) bond motifs is 1. The molecular formula is C23H26ClN3O3S. The van der Waals surface area contributed by atoms with Crippen molar-refractivity contribution < 1.29 is 14.3 Å². The lowest BCUT2D eigenvalue weighted by Crippen LogP contribution is -2.32. The normalized spacial score (nSPS) is 11.4. The van der Waals surface area contributed by atoms with Gasteiger partial charge in [-0.3, -0.25) is 9.69 Å². The van der Waals surface area contributed by atoms with Crippen molar-refractivity contribution in [3.05, 3.63) is 53.1 Å². The molecule has 31 heavy (non-hydrogen) atoms. The van der Waals surface area contributed by atoms with Gasteiger partial charge < -0.3 is 14.4 Å². The van der Waals surface area contributed by atoms with Gasteiger partial charge in [-0.15, -0.1) is 0 Å². The van der Waals surface area contributed by atoms with Crippen LogP contribution in [0.1, 0.15) is 12.0 Å². The van der Waals surface area contributed by atoms with Crippen LogP contribution in [0.2, 0.25) is 5.02 Å². The summed E-state index contributed by atoms with van der Waals surface area (Å²) >= 11 is 7.76. The lowest BCUT2D eigenvalue weighted by Gasteiger charge is -2.19. The number of anilines is 1. The Balaban J connectivity index is 1.86. The number of amides is 1. The zero-order valence-corrected chi connectivity index (χ0v) is 19.7. The summed E-state index contributed by atoms with van der Waals surface area (Å²) in [6.07, 6.45) is 4.15. The van der Waals surface area contributed by atoms with Gasteiger partial charge in [-0.1, -0.05) is 35.1 Å². The maximum Gasteiger partial charge on any atom is 0.252 e. The Morgan fingerprint density at radius 1 is 1.13 bits per heavy atom. The molecule has 164 valence electrons. The number of nitrogens with zero attached hydrogens (tertiary/aromatic N) is 3. The Morgan fingerprint density at radius 2 is 1.90 bits per heavy atom. The van der Waals surface area contributed by atoms with E-state index in [1.807, 2.05) is 50.5 Å². The molecule has 0 atom stereocenters. The summed E-state index contributed by atoms with van der Waals surface area (Å²) < 4.78 is 11.6. The number of halogens is 1. The largest absolute Gasteiger partial charge is 0.493 e. The highest BCUT2D eigenvalue weighted by Crippen LogP contribution is 2.33. The standard InChI is InChI=1S/C23H26ClN3O3S/c1-26(2)13-6-14-27(23-25-22-17(24)7-5-8-20(22)31-23)21(28)12-10-16-9-11-18(29-3)19(15-16)30-4/h5,7-12,15H,6,13-14H2,1-4H3. The predicted molar refractivity (Wildman–Crippen MR) is 129 cm³/mol. The third-order valence-electron chi connectivity index (χ3n) is 4.67. The second-order valence-electron chi connectivity index (χ2n) is 7.18. The molecule has 3 rings (SSSR count). The minimum atomic E-state index is -0.135. The third kappa shape index (κ3) is 5.76. The molecule has 0 aliphatic rings. The number of para-hydroxylation sites is 1. The lowest BCUT2D eigenvalue weighted by molar-refractivity contribution is -0.114. The fourth-order valence-electron chi connectivity index (χ4n) is 3.08. The van der Waals surface area contributed by atoms with Gasteiger partial charge in [0.15, 0.2) is 16.6 Å². The highest BCUT2D eigenvalue weighted by Gasteiger charge is 2.18. The second kappa shape index (κ2) is 10.6. The minimum absolute atomic E-state index is 0.135. The van der Waals surface area contributed by atoms with Crippen molar-refractivity contribution in [3.63, 3.8) is 0 Å². The molecule has 0 saturated carbocycles. The Kier molecular flexibility index (Phi) is 7.90. The van der Waals surface area contributed by atoms with Crippen LogP contribution in [0.15, 0.2) is 42.5 Å². The van der Waals surface area contributed by atoms with Crippen LogP contribution in [0.5, 0.6) is 11.5 Å². The van der Waals surface area contributed by atoms with Gasteiger partial charge in [-0.25, -0.2) is 4.98 Å². The molecule has 0 saturated heterocycles. The molecule has 0 bridgehead atoms. The number of aromatic nitrogens is 1. The summed E-state index contributed by atoms with van der Waals surface area (Å²) in [5.74, 6) is 1.12. The maximum absolute atomic E-state index is 13.1. The number of hydrogen-bond donors (Lipinski definition) is 0. The summed E-state index contributed by atoms with van der Waals surface area (Å²) in [5, 5.41) is 1.23. The number of ether oxygens (including phenoxy) is 2. The number of thiazole rings is 1. The Labute approximate surface area is 191 Å². The van der Waals surface area contributed by atoms with E-state index in [9.17, 15) is 4.79 Å². The number of carbonyl (C=O) groups excluding carboxylic acids is 1. The Hall–Kier alpha value is -2.61. The van der Waals surface area contributed by atoms with Gasteiger partial charge in [-0.2, -0.15) is 0 Å². The van der Waals surface area contributed by atoms with Gasteiger partial charge in [0.05, 0.1) is 23.9 Å². The van der Waals surface area contributed by atoms with Crippen molar-refractivity contribution in [2.24, 2.45) is 0 Å². The second-order valence-corrected chi connectivity index (χ2v) is 8.59. The van der Waals surface area contributed by atoms with Crippen LogP contribution in [0.4, 0.5) is 5.13 Å². The number of rotatable bonds is 9. The van der Waals surface area contributed by atoms with Gasteiger partial charge in [0.2, 0.25) is 0 Å². The van der Waals surface area contributed by atoms with E-state index in [1.54, 1.807) is 31.3 Å². The van der Waals surface area contributed by atoms with E-state index < -0.39 is 0 Å². The fourth-order valence-corrected chi connectivity index (χ4v) is 4.37. The van der Waals surface area contributed by atoms with Crippen LogP contribution in [-0.4, -0.2) is 57.2 Å². The zero-order chi connectivity index (χ0) is 22.4. The quantitative estimate of drug-likeness (QED) is 0.423. The lowest BCUT2D eigenvalue weighted by atomic mass is 10.2. The molecule has 0 fully saturated rings.